The number of rotatable bonds is 7. The van der Waals surface area contributed by atoms with Gasteiger partial charge in [-0.3, -0.25) is 4.68 Å². The quantitative estimate of drug-likeness (QED) is 0.720. The molecule has 0 fully saturated rings. The zero-order valence-corrected chi connectivity index (χ0v) is 11.0. The predicted molar refractivity (Wildman–Crippen MR) is 68.6 cm³/mol. The Morgan fingerprint density at radius 2 is 2.12 bits per heavy atom. The van der Waals surface area contributed by atoms with E-state index in [0.29, 0.717) is 6.04 Å². The molecule has 92 valence electrons. The number of hydrogen-bond acceptors (Lipinski definition) is 2. The van der Waals surface area contributed by atoms with Crippen LogP contribution in [-0.4, -0.2) is 22.9 Å². The van der Waals surface area contributed by atoms with Crippen LogP contribution < -0.4 is 5.32 Å². The normalized spacial score (nSPS) is 13.3. The van der Waals surface area contributed by atoms with Gasteiger partial charge in [-0.2, -0.15) is 5.10 Å². The van der Waals surface area contributed by atoms with Crippen molar-refractivity contribution in [3.63, 3.8) is 0 Å². The third kappa shape index (κ3) is 4.35. The SMILES string of the molecule is CCC(C)n1ccc(CCNCC(C)C)n1. The summed E-state index contributed by atoms with van der Waals surface area (Å²) in [5.41, 5.74) is 1.19. The van der Waals surface area contributed by atoms with Crippen molar-refractivity contribution >= 4 is 0 Å². The third-order valence-corrected chi connectivity index (χ3v) is 2.82. The Morgan fingerprint density at radius 1 is 1.38 bits per heavy atom. The van der Waals surface area contributed by atoms with Crippen LogP contribution in [0.1, 0.15) is 45.9 Å². The summed E-state index contributed by atoms with van der Waals surface area (Å²) in [5.74, 6) is 0.720. The van der Waals surface area contributed by atoms with Crippen molar-refractivity contribution in [1.29, 1.82) is 0 Å². The molecule has 0 aliphatic rings. The lowest BCUT2D eigenvalue weighted by atomic mass is 10.2. The van der Waals surface area contributed by atoms with E-state index in [-0.39, 0.29) is 0 Å². The zero-order valence-electron chi connectivity index (χ0n) is 11.0. The molecule has 1 unspecified atom stereocenters. The van der Waals surface area contributed by atoms with Crippen molar-refractivity contribution in [2.75, 3.05) is 13.1 Å². The molecule has 0 spiro atoms. The smallest absolute Gasteiger partial charge is 0.0637 e. The summed E-state index contributed by atoms with van der Waals surface area (Å²) in [5, 5.41) is 8.01. The highest BCUT2D eigenvalue weighted by Gasteiger charge is 2.04. The molecule has 1 heterocycles. The van der Waals surface area contributed by atoms with E-state index in [1.54, 1.807) is 0 Å². The Labute approximate surface area is 99.2 Å². The summed E-state index contributed by atoms with van der Waals surface area (Å²) in [7, 11) is 0. The lowest BCUT2D eigenvalue weighted by Crippen LogP contribution is -2.22. The molecular formula is C13H25N3. The highest BCUT2D eigenvalue weighted by Crippen LogP contribution is 2.09. The maximum atomic E-state index is 4.57. The fourth-order valence-corrected chi connectivity index (χ4v) is 1.55. The van der Waals surface area contributed by atoms with Gasteiger partial charge < -0.3 is 5.32 Å². The minimum absolute atomic E-state index is 0.511. The molecule has 0 saturated carbocycles. The molecule has 1 atom stereocenters. The fourth-order valence-electron chi connectivity index (χ4n) is 1.55. The predicted octanol–water partition coefficient (Wildman–Crippen LogP) is 2.64. The lowest BCUT2D eigenvalue weighted by Gasteiger charge is -2.08. The van der Waals surface area contributed by atoms with E-state index in [4.69, 9.17) is 0 Å². The molecule has 1 aromatic heterocycles. The number of nitrogens with zero attached hydrogens (tertiary/aromatic N) is 2. The van der Waals surface area contributed by atoms with Gasteiger partial charge in [0.2, 0.25) is 0 Å². The molecule has 16 heavy (non-hydrogen) atoms. The largest absolute Gasteiger partial charge is 0.316 e. The minimum Gasteiger partial charge on any atom is -0.316 e. The van der Waals surface area contributed by atoms with Crippen LogP contribution in [0, 0.1) is 5.92 Å². The van der Waals surface area contributed by atoms with Gasteiger partial charge in [0, 0.05) is 25.2 Å². The summed E-state index contributed by atoms with van der Waals surface area (Å²) < 4.78 is 2.07. The molecule has 1 aromatic rings. The second kappa shape index (κ2) is 6.69. The van der Waals surface area contributed by atoms with Crippen LogP contribution in [0.25, 0.3) is 0 Å². The Bertz CT molecular complexity index is 291. The highest BCUT2D eigenvalue weighted by molar-refractivity contribution is 5.00. The average molecular weight is 223 g/mol. The summed E-state index contributed by atoms with van der Waals surface area (Å²) in [6, 6.07) is 2.64. The summed E-state index contributed by atoms with van der Waals surface area (Å²) in [6.07, 6.45) is 4.24. The lowest BCUT2D eigenvalue weighted by molar-refractivity contribution is 0.472. The van der Waals surface area contributed by atoms with Crippen LogP contribution in [0.4, 0.5) is 0 Å². The van der Waals surface area contributed by atoms with Gasteiger partial charge in [-0.15, -0.1) is 0 Å². The van der Waals surface area contributed by atoms with Gasteiger partial charge in [0.1, 0.15) is 0 Å². The molecular weight excluding hydrogens is 198 g/mol. The highest BCUT2D eigenvalue weighted by atomic mass is 15.3. The Balaban J connectivity index is 2.29. The first-order chi connectivity index (χ1) is 7.63. The van der Waals surface area contributed by atoms with Crippen molar-refractivity contribution in [1.82, 2.24) is 15.1 Å². The minimum atomic E-state index is 0.511. The molecule has 0 radical (unpaired) electrons. The summed E-state index contributed by atoms with van der Waals surface area (Å²) in [4.78, 5) is 0. The molecule has 0 aromatic carbocycles. The topological polar surface area (TPSA) is 29.9 Å². The monoisotopic (exact) mass is 223 g/mol. The second-order valence-corrected chi connectivity index (χ2v) is 4.89. The Kier molecular flexibility index (Phi) is 5.53. The summed E-state index contributed by atoms with van der Waals surface area (Å²) in [6.45, 7) is 11.0. The van der Waals surface area contributed by atoms with Gasteiger partial charge in [-0.1, -0.05) is 20.8 Å². The van der Waals surface area contributed by atoms with Crippen molar-refractivity contribution in [2.24, 2.45) is 5.92 Å². The van der Waals surface area contributed by atoms with Gasteiger partial charge in [0.15, 0.2) is 0 Å². The standard InChI is InChI=1S/C13H25N3/c1-5-12(4)16-9-7-13(15-16)6-8-14-10-11(2)3/h7,9,11-12,14H,5-6,8,10H2,1-4H3. The van der Waals surface area contributed by atoms with Gasteiger partial charge >= 0.3 is 0 Å². The number of nitrogens with one attached hydrogen (secondary N) is 1. The van der Waals surface area contributed by atoms with E-state index in [9.17, 15) is 0 Å². The number of aromatic nitrogens is 2. The van der Waals surface area contributed by atoms with Gasteiger partial charge in [-0.25, -0.2) is 0 Å². The Morgan fingerprint density at radius 3 is 2.75 bits per heavy atom. The molecule has 0 saturated heterocycles. The summed E-state index contributed by atoms with van der Waals surface area (Å²) >= 11 is 0. The first-order valence-corrected chi connectivity index (χ1v) is 6.38. The van der Waals surface area contributed by atoms with Gasteiger partial charge in [-0.05, 0) is 31.9 Å². The fraction of sp³-hybridized carbons (Fsp3) is 0.769. The van der Waals surface area contributed by atoms with Crippen LogP contribution >= 0.6 is 0 Å². The molecule has 0 aliphatic heterocycles. The van der Waals surface area contributed by atoms with E-state index >= 15 is 0 Å². The first-order valence-electron chi connectivity index (χ1n) is 6.38. The van der Waals surface area contributed by atoms with Crippen LogP contribution in [0.2, 0.25) is 0 Å². The maximum absolute atomic E-state index is 4.57. The van der Waals surface area contributed by atoms with Crippen LogP contribution in [0.15, 0.2) is 12.3 Å². The van der Waals surface area contributed by atoms with Crippen molar-refractivity contribution < 1.29 is 0 Å². The van der Waals surface area contributed by atoms with E-state index in [2.05, 4.69) is 55.1 Å². The van der Waals surface area contributed by atoms with Crippen LogP contribution in [-0.2, 0) is 6.42 Å². The van der Waals surface area contributed by atoms with E-state index in [1.165, 1.54) is 5.69 Å². The second-order valence-electron chi connectivity index (χ2n) is 4.89. The van der Waals surface area contributed by atoms with Crippen molar-refractivity contribution in [3.05, 3.63) is 18.0 Å². The van der Waals surface area contributed by atoms with Crippen LogP contribution in [0.3, 0.4) is 0 Å². The first kappa shape index (κ1) is 13.2. The molecule has 3 nitrogen and oxygen atoms in total. The third-order valence-electron chi connectivity index (χ3n) is 2.82. The van der Waals surface area contributed by atoms with E-state index < -0.39 is 0 Å². The van der Waals surface area contributed by atoms with E-state index in [0.717, 1.165) is 31.8 Å². The molecule has 1 rings (SSSR count). The van der Waals surface area contributed by atoms with Gasteiger partial charge in [0.25, 0.3) is 0 Å². The molecule has 3 heteroatoms. The molecule has 0 bridgehead atoms. The molecule has 0 amide bonds. The van der Waals surface area contributed by atoms with Crippen molar-refractivity contribution in [3.8, 4) is 0 Å². The zero-order chi connectivity index (χ0) is 12.0. The Hall–Kier alpha value is -0.830. The molecule has 0 aliphatic carbocycles. The molecule has 1 N–H and O–H groups in total. The van der Waals surface area contributed by atoms with E-state index in [1.807, 2.05) is 0 Å². The maximum Gasteiger partial charge on any atom is 0.0637 e. The van der Waals surface area contributed by atoms with Gasteiger partial charge in [0.05, 0.1) is 5.69 Å². The van der Waals surface area contributed by atoms with Crippen LogP contribution in [0.5, 0.6) is 0 Å². The van der Waals surface area contributed by atoms with Crippen molar-refractivity contribution in [2.45, 2.75) is 46.6 Å². The number of hydrogen-bond donors (Lipinski definition) is 1. The average Bonchev–Trinajstić information content (AvgIpc) is 2.71.